The zero-order valence-electron chi connectivity index (χ0n) is 11.0. The molecule has 0 saturated carbocycles. The van der Waals surface area contributed by atoms with Crippen molar-refractivity contribution in [2.24, 2.45) is 0 Å². The number of nitrogens with one attached hydrogen (secondary N) is 1. The molecule has 4 N–H and O–H groups in total. The van der Waals surface area contributed by atoms with Crippen molar-refractivity contribution in [1.82, 2.24) is 5.32 Å². The van der Waals surface area contributed by atoms with E-state index in [-0.39, 0.29) is 29.6 Å². The molecule has 0 saturated heterocycles. The molecule has 0 spiro atoms. The molecule has 0 aromatic heterocycles. The number of phenolic OH excluding ortho intramolecular Hbond substituents is 2. The summed E-state index contributed by atoms with van der Waals surface area (Å²) in [7, 11) is 0. The van der Waals surface area contributed by atoms with Crippen LogP contribution in [0.5, 0.6) is 11.5 Å². The van der Waals surface area contributed by atoms with E-state index in [0.29, 0.717) is 24.8 Å². The third-order valence-corrected chi connectivity index (χ3v) is 3.09. The van der Waals surface area contributed by atoms with E-state index in [1.165, 1.54) is 12.1 Å². The molecule has 2 aromatic carbocycles. The maximum Gasteiger partial charge on any atom is 0.255 e. The first-order valence-corrected chi connectivity index (χ1v) is 6.47. The van der Waals surface area contributed by atoms with Crippen LogP contribution in [-0.2, 0) is 0 Å². The van der Waals surface area contributed by atoms with Crippen LogP contribution in [0.3, 0.4) is 0 Å². The van der Waals surface area contributed by atoms with Crippen LogP contribution in [0.1, 0.15) is 23.2 Å². The minimum atomic E-state index is -0.370. The van der Waals surface area contributed by atoms with Gasteiger partial charge in [-0.2, -0.15) is 0 Å². The number of amides is 1. The smallest absolute Gasteiger partial charge is 0.255 e. The van der Waals surface area contributed by atoms with Gasteiger partial charge in [-0.3, -0.25) is 4.79 Å². The molecule has 0 atom stereocenters. The Morgan fingerprint density at radius 3 is 2.60 bits per heavy atom. The fourth-order valence-electron chi connectivity index (χ4n) is 2.01. The van der Waals surface area contributed by atoms with Crippen molar-refractivity contribution in [2.45, 2.75) is 12.8 Å². The molecule has 5 nitrogen and oxygen atoms in total. The third kappa shape index (κ3) is 3.00. The average molecular weight is 275 g/mol. The maximum absolute atomic E-state index is 12.0. The molecule has 0 aliphatic carbocycles. The number of fused-ring (bicyclic) bond motifs is 1. The predicted molar refractivity (Wildman–Crippen MR) is 75.9 cm³/mol. The Hall–Kier alpha value is -2.27. The van der Waals surface area contributed by atoms with Gasteiger partial charge in [-0.25, -0.2) is 0 Å². The van der Waals surface area contributed by atoms with Crippen LogP contribution in [-0.4, -0.2) is 34.4 Å². The van der Waals surface area contributed by atoms with Crippen molar-refractivity contribution in [3.05, 3.63) is 35.9 Å². The molecule has 5 heteroatoms. The molecule has 106 valence electrons. The van der Waals surface area contributed by atoms with Crippen molar-refractivity contribution in [2.75, 3.05) is 13.2 Å². The Kier molecular flexibility index (Phi) is 4.42. The molecule has 0 fully saturated rings. The number of unbranched alkanes of at least 4 members (excludes halogenated alkanes) is 1. The second-order valence-electron chi connectivity index (χ2n) is 4.55. The molecule has 0 unspecified atom stereocenters. The first-order chi connectivity index (χ1) is 9.63. The number of benzene rings is 2. The van der Waals surface area contributed by atoms with E-state index < -0.39 is 0 Å². The fourth-order valence-corrected chi connectivity index (χ4v) is 2.01. The highest BCUT2D eigenvalue weighted by Crippen LogP contribution is 2.31. The minimum Gasteiger partial charge on any atom is -0.508 e. The van der Waals surface area contributed by atoms with E-state index in [2.05, 4.69) is 5.32 Å². The van der Waals surface area contributed by atoms with Crippen molar-refractivity contribution in [1.29, 1.82) is 0 Å². The van der Waals surface area contributed by atoms with Gasteiger partial charge >= 0.3 is 0 Å². The van der Waals surface area contributed by atoms with Crippen molar-refractivity contribution in [3.63, 3.8) is 0 Å². The number of phenols is 2. The monoisotopic (exact) mass is 275 g/mol. The summed E-state index contributed by atoms with van der Waals surface area (Å²) in [6.07, 6.45) is 1.30. The van der Waals surface area contributed by atoms with Crippen LogP contribution in [0.2, 0.25) is 0 Å². The number of carbonyl (C=O) groups is 1. The van der Waals surface area contributed by atoms with Crippen LogP contribution < -0.4 is 5.32 Å². The van der Waals surface area contributed by atoms with Gasteiger partial charge in [0.1, 0.15) is 11.5 Å². The van der Waals surface area contributed by atoms with Crippen LogP contribution in [0.4, 0.5) is 0 Å². The molecular weight excluding hydrogens is 258 g/mol. The zero-order valence-corrected chi connectivity index (χ0v) is 11.0. The average Bonchev–Trinajstić information content (AvgIpc) is 2.44. The van der Waals surface area contributed by atoms with E-state index in [4.69, 9.17) is 5.11 Å². The first-order valence-electron chi connectivity index (χ1n) is 6.47. The highest BCUT2D eigenvalue weighted by Gasteiger charge is 2.13. The number of aliphatic hydroxyl groups excluding tert-OH is 1. The van der Waals surface area contributed by atoms with Gasteiger partial charge in [0.25, 0.3) is 5.91 Å². The van der Waals surface area contributed by atoms with Gasteiger partial charge in [-0.05, 0) is 36.4 Å². The van der Waals surface area contributed by atoms with Crippen LogP contribution in [0.15, 0.2) is 30.3 Å². The van der Waals surface area contributed by atoms with Gasteiger partial charge in [-0.1, -0.05) is 12.1 Å². The molecule has 2 rings (SSSR count). The SMILES string of the molecule is O=C(NCCCCO)c1ccc2ccc(O)cc2c1O. The van der Waals surface area contributed by atoms with Gasteiger partial charge in [0.2, 0.25) is 0 Å². The molecule has 0 radical (unpaired) electrons. The lowest BCUT2D eigenvalue weighted by Crippen LogP contribution is -2.24. The number of rotatable bonds is 5. The van der Waals surface area contributed by atoms with Crippen molar-refractivity contribution >= 4 is 16.7 Å². The highest BCUT2D eigenvalue weighted by molar-refractivity contribution is 6.03. The molecule has 2 aromatic rings. The normalized spacial score (nSPS) is 10.7. The summed E-state index contributed by atoms with van der Waals surface area (Å²) in [5.74, 6) is -0.475. The summed E-state index contributed by atoms with van der Waals surface area (Å²) >= 11 is 0. The Morgan fingerprint density at radius 1 is 1.10 bits per heavy atom. The molecule has 0 aliphatic rings. The van der Waals surface area contributed by atoms with Gasteiger partial charge < -0.3 is 20.6 Å². The van der Waals surface area contributed by atoms with Gasteiger partial charge in [-0.15, -0.1) is 0 Å². The largest absolute Gasteiger partial charge is 0.508 e. The van der Waals surface area contributed by atoms with Crippen LogP contribution in [0.25, 0.3) is 10.8 Å². The third-order valence-electron chi connectivity index (χ3n) is 3.09. The predicted octanol–water partition coefficient (Wildman–Crippen LogP) is 1.75. The first kappa shape index (κ1) is 14.1. The Labute approximate surface area is 116 Å². The summed E-state index contributed by atoms with van der Waals surface area (Å²) in [5, 5.41) is 32.1. The van der Waals surface area contributed by atoms with E-state index in [0.717, 1.165) is 5.39 Å². The lowest BCUT2D eigenvalue weighted by atomic mass is 10.0. The number of hydrogen-bond acceptors (Lipinski definition) is 4. The lowest BCUT2D eigenvalue weighted by molar-refractivity contribution is 0.0949. The molecular formula is C15H17NO4. The van der Waals surface area contributed by atoms with E-state index in [1.54, 1.807) is 18.2 Å². The summed E-state index contributed by atoms with van der Waals surface area (Å²) in [4.78, 5) is 12.0. The molecule has 1 amide bonds. The van der Waals surface area contributed by atoms with Gasteiger partial charge in [0.05, 0.1) is 5.56 Å². The number of hydrogen-bond donors (Lipinski definition) is 4. The van der Waals surface area contributed by atoms with Crippen molar-refractivity contribution in [3.8, 4) is 11.5 Å². The summed E-state index contributed by atoms with van der Waals surface area (Å²) < 4.78 is 0. The highest BCUT2D eigenvalue weighted by atomic mass is 16.3. The van der Waals surface area contributed by atoms with E-state index in [9.17, 15) is 15.0 Å². The van der Waals surface area contributed by atoms with E-state index in [1.807, 2.05) is 0 Å². The number of aromatic hydroxyl groups is 2. The number of carbonyl (C=O) groups excluding carboxylic acids is 1. The van der Waals surface area contributed by atoms with Crippen LogP contribution in [0, 0.1) is 0 Å². The molecule has 20 heavy (non-hydrogen) atoms. The number of aliphatic hydroxyl groups is 1. The molecule has 0 aliphatic heterocycles. The Bertz CT molecular complexity index is 625. The maximum atomic E-state index is 12.0. The zero-order chi connectivity index (χ0) is 14.5. The fraction of sp³-hybridized carbons (Fsp3) is 0.267. The van der Waals surface area contributed by atoms with Gasteiger partial charge in [0, 0.05) is 18.5 Å². The minimum absolute atomic E-state index is 0.0355. The van der Waals surface area contributed by atoms with Gasteiger partial charge in [0.15, 0.2) is 0 Å². The Morgan fingerprint density at radius 2 is 1.85 bits per heavy atom. The van der Waals surface area contributed by atoms with E-state index >= 15 is 0 Å². The molecule has 0 heterocycles. The second kappa shape index (κ2) is 6.25. The summed E-state index contributed by atoms with van der Waals surface area (Å²) in [5.41, 5.74) is 0.173. The lowest BCUT2D eigenvalue weighted by Gasteiger charge is -2.09. The Balaban J connectivity index is 2.21. The topological polar surface area (TPSA) is 89.8 Å². The standard InChI is InChI=1S/C15H17NO4/c17-8-2-1-7-16-15(20)12-6-4-10-3-5-11(18)9-13(10)14(12)19/h3-6,9,17-19H,1-2,7-8H2,(H,16,20). The van der Waals surface area contributed by atoms with Crippen LogP contribution >= 0.6 is 0 Å². The van der Waals surface area contributed by atoms with Crippen molar-refractivity contribution < 1.29 is 20.1 Å². The molecule has 0 bridgehead atoms. The summed E-state index contributed by atoms with van der Waals surface area (Å²) in [6.45, 7) is 0.535. The summed E-state index contributed by atoms with van der Waals surface area (Å²) in [6, 6.07) is 7.89. The second-order valence-corrected chi connectivity index (χ2v) is 4.55. The quantitative estimate of drug-likeness (QED) is 0.626.